The Kier molecular flexibility index (Phi) is 5.05. The van der Waals surface area contributed by atoms with Crippen LogP contribution in [0.2, 0.25) is 0 Å². The highest BCUT2D eigenvalue weighted by Crippen LogP contribution is 2.30. The van der Waals surface area contributed by atoms with Gasteiger partial charge in [0.1, 0.15) is 5.75 Å². The third-order valence-electron chi connectivity index (χ3n) is 2.93. The van der Waals surface area contributed by atoms with Crippen molar-refractivity contribution in [3.63, 3.8) is 0 Å². The lowest BCUT2D eigenvalue weighted by Gasteiger charge is -2.16. The van der Waals surface area contributed by atoms with Gasteiger partial charge in [0.25, 0.3) is 0 Å². The molecule has 0 saturated carbocycles. The molecule has 0 aliphatic carbocycles. The summed E-state index contributed by atoms with van der Waals surface area (Å²) in [5.74, 6) is 0.909. The summed E-state index contributed by atoms with van der Waals surface area (Å²) in [4.78, 5) is 0. The summed E-state index contributed by atoms with van der Waals surface area (Å²) in [6, 6.07) is 10.2. The Bertz CT molecular complexity index is 507. The second-order valence-corrected chi connectivity index (χ2v) is 5.01. The van der Waals surface area contributed by atoms with Gasteiger partial charge in [-0.25, -0.2) is 0 Å². The molecule has 0 radical (unpaired) electrons. The Hall–Kier alpha value is -1.26. The van der Waals surface area contributed by atoms with Gasteiger partial charge in [0.15, 0.2) is 4.67 Å². The quantitative estimate of drug-likeness (QED) is 0.867. The molecule has 2 rings (SSSR count). The lowest BCUT2D eigenvalue weighted by Crippen LogP contribution is -2.17. The van der Waals surface area contributed by atoms with Crippen LogP contribution >= 0.6 is 15.9 Å². The summed E-state index contributed by atoms with van der Waals surface area (Å²) in [6.45, 7) is 2.85. The highest BCUT2D eigenvalue weighted by atomic mass is 79.9. The first-order valence-electron chi connectivity index (χ1n) is 6.39. The Morgan fingerprint density at radius 1 is 1.26 bits per heavy atom. The minimum atomic E-state index is 0.105. The van der Waals surface area contributed by atoms with E-state index in [0.717, 1.165) is 29.0 Å². The second kappa shape index (κ2) is 6.78. The number of hydrogen-bond acceptors (Lipinski definition) is 3. The smallest absolute Gasteiger partial charge is 0.174 e. The van der Waals surface area contributed by atoms with Gasteiger partial charge in [0.05, 0.1) is 18.9 Å². The number of ether oxygens (including phenoxy) is 1. The third-order valence-corrected chi connectivity index (χ3v) is 3.58. The second-order valence-electron chi connectivity index (χ2n) is 4.29. The van der Waals surface area contributed by atoms with E-state index in [1.165, 1.54) is 5.56 Å². The molecular formula is C15H18BrNO2. The van der Waals surface area contributed by atoms with Gasteiger partial charge in [-0.15, -0.1) is 0 Å². The number of nitrogens with one attached hydrogen (secondary N) is 1. The van der Waals surface area contributed by atoms with Gasteiger partial charge in [-0.2, -0.15) is 0 Å². The number of hydrogen-bond donors (Lipinski definition) is 1. The van der Waals surface area contributed by atoms with Crippen LogP contribution in [0.1, 0.15) is 30.5 Å². The van der Waals surface area contributed by atoms with Crippen molar-refractivity contribution in [1.82, 2.24) is 5.32 Å². The van der Waals surface area contributed by atoms with Gasteiger partial charge in [-0.05, 0) is 53.2 Å². The van der Waals surface area contributed by atoms with Crippen LogP contribution in [-0.4, -0.2) is 13.7 Å². The molecule has 0 amide bonds. The van der Waals surface area contributed by atoms with Crippen molar-refractivity contribution in [3.05, 3.63) is 52.4 Å². The molecule has 0 spiro atoms. The minimum absolute atomic E-state index is 0.105. The van der Waals surface area contributed by atoms with Gasteiger partial charge < -0.3 is 14.5 Å². The van der Waals surface area contributed by atoms with Crippen molar-refractivity contribution in [2.45, 2.75) is 19.4 Å². The summed E-state index contributed by atoms with van der Waals surface area (Å²) in [6.07, 6.45) is 2.70. The van der Waals surface area contributed by atoms with E-state index < -0.39 is 0 Å². The largest absolute Gasteiger partial charge is 0.494 e. The van der Waals surface area contributed by atoms with Crippen molar-refractivity contribution in [3.8, 4) is 5.75 Å². The van der Waals surface area contributed by atoms with E-state index in [0.29, 0.717) is 0 Å². The number of halogens is 1. The molecule has 19 heavy (non-hydrogen) atoms. The molecule has 1 aromatic carbocycles. The number of rotatable bonds is 6. The van der Waals surface area contributed by atoms with Crippen LogP contribution in [0.5, 0.6) is 5.75 Å². The van der Waals surface area contributed by atoms with Crippen molar-refractivity contribution in [1.29, 1.82) is 0 Å². The first kappa shape index (κ1) is 14.2. The van der Waals surface area contributed by atoms with Crippen LogP contribution in [-0.2, 0) is 0 Å². The van der Waals surface area contributed by atoms with E-state index >= 15 is 0 Å². The summed E-state index contributed by atoms with van der Waals surface area (Å²) >= 11 is 3.42. The predicted molar refractivity (Wildman–Crippen MR) is 79.5 cm³/mol. The molecule has 0 fully saturated rings. The maximum Gasteiger partial charge on any atom is 0.174 e. The first-order valence-corrected chi connectivity index (χ1v) is 7.18. The summed E-state index contributed by atoms with van der Waals surface area (Å²) in [5, 5.41) is 3.29. The van der Waals surface area contributed by atoms with Crippen molar-refractivity contribution in [2.24, 2.45) is 0 Å². The van der Waals surface area contributed by atoms with Gasteiger partial charge in [0, 0.05) is 5.56 Å². The SMILES string of the molecule is CCCOc1ccc(C(NC)c2ccoc2Br)cc1. The molecule has 0 saturated heterocycles. The average Bonchev–Trinajstić information content (AvgIpc) is 2.85. The highest BCUT2D eigenvalue weighted by Gasteiger charge is 2.16. The van der Waals surface area contributed by atoms with Gasteiger partial charge >= 0.3 is 0 Å². The van der Waals surface area contributed by atoms with E-state index in [1.54, 1.807) is 6.26 Å². The van der Waals surface area contributed by atoms with E-state index in [2.05, 4.69) is 40.3 Å². The molecule has 1 heterocycles. The van der Waals surface area contributed by atoms with Crippen molar-refractivity contribution >= 4 is 15.9 Å². The Morgan fingerprint density at radius 3 is 2.53 bits per heavy atom. The fourth-order valence-electron chi connectivity index (χ4n) is 1.99. The molecule has 0 aliphatic rings. The van der Waals surface area contributed by atoms with Crippen molar-refractivity contribution < 1.29 is 9.15 Å². The van der Waals surface area contributed by atoms with Gasteiger partial charge in [-0.1, -0.05) is 19.1 Å². The van der Waals surface area contributed by atoms with Crippen molar-refractivity contribution in [2.75, 3.05) is 13.7 Å². The Labute approximate surface area is 122 Å². The third kappa shape index (κ3) is 3.39. The average molecular weight is 324 g/mol. The summed E-state index contributed by atoms with van der Waals surface area (Å²) < 4.78 is 11.6. The van der Waals surface area contributed by atoms with Gasteiger partial charge in [-0.3, -0.25) is 0 Å². The standard InChI is InChI=1S/C15H18BrNO2/c1-3-9-18-12-6-4-11(5-7-12)14(17-2)13-8-10-19-15(13)16/h4-8,10,14,17H,3,9H2,1-2H3. The lowest BCUT2D eigenvalue weighted by atomic mass is 10.0. The van der Waals surface area contributed by atoms with Crippen LogP contribution in [0.4, 0.5) is 0 Å². The normalized spacial score (nSPS) is 12.4. The van der Waals surface area contributed by atoms with Crippen LogP contribution in [0.15, 0.2) is 45.7 Å². The predicted octanol–water partition coefficient (Wildman–Crippen LogP) is 4.14. The molecule has 1 aromatic heterocycles. The topological polar surface area (TPSA) is 34.4 Å². The molecular weight excluding hydrogens is 306 g/mol. The lowest BCUT2D eigenvalue weighted by molar-refractivity contribution is 0.317. The zero-order valence-corrected chi connectivity index (χ0v) is 12.7. The summed E-state index contributed by atoms with van der Waals surface area (Å²) in [7, 11) is 1.94. The molecule has 1 N–H and O–H groups in total. The molecule has 1 atom stereocenters. The Balaban J connectivity index is 2.18. The molecule has 4 heteroatoms. The van der Waals surface area contributed by atoms with Crippen LogP contribution in [0.3, 0.4) is 0 Å². The summed E-state index contributed by atoms with van der Waals surface area (Å²) in [5.41, 5.74) is 2.26. The van der Waals surface area contributed by atoms with E-state index in [4.69, 9.17) is 9.15 Å². The Morgan fingerprint density at radius 2 is 2.00 bits per heavy atom. The first-order chi connectivity index (χ1) is 9.26. The fourth-order valence-corrected chi connectivity index (χ4v) is 2.46. The van der Waals surface area contributed by atoms with Crippen LogP contribution < -0.4 is 10.1 Å². The maximum atomic E-state index is 5.59. The minimum Gasteiger partial charge on any atom is -0.494 e. The van der Waals surface area contributed by atoms with Crippen LogP contribution in [0, 0.1) is 0 Å². The molecule has 1 unspecified atom stereocenters. The fraction of sp³-hybridized carbons (Fsp3) is 0.333. The van der Waals surface area contributed by atoms with Gasteiger partial charge in [0.2, 0.25) is 0 Å². The number of furan rings is 1. The van der Waals surface area contributed by atoms with E-state index in [9.17, 15) is 0 Å². The molecule has 0 aliphatic heterocycles. The monoisotopic (exact) mass is 323 g/mol. The molecule has 102 valence electrons. The molecule has 3 nitrogen and oxygen atoms in total. The zero-order valence-electron chi connectivity index (χ0n) is 11.2. The van der Waals surface area contributed by atoms with E-state index in [1.807, 2.05) is 25.2 Å². The number of benzene rings is 1. The maximum absolute atomic E-state index is 5.59. The van der Waals surface area contributed by atoms with E-state index in [-0.39, 0.29) is 6.04 Å². The highest BCUT2D eigenvalue weighted by molar-refractivity contribution is 9.10. The molecule has 2 aromatic rings. The zero-order chi connectivity index (χ0) is 13.7. The van der Waals surface area contributed by atoms with Crippen LogP contribution in [0.25, 0.3) is 0 Å². The molecule has 0 bridgehead atoms.